The summed E-state index contributed by atoms with van der Waals surface area (Å²) in [6.07, 6.45) is 29.9. The van der Waals surface area contributed by atoms with Gasteiger partial charge in [-0.2, -0.15) is 0 Å². The lowest BCUT2D eigenvalue weighted by Crippen LogP contribution is -3.00. The predicted octanol–water partition coefficient (Wildman–Crippen LogP) is 7.80. The lowest BCUT2D eigenvalue weighted by Gasteiger charge is -2.20. The van der Waals surface area contributed by atoms with Crippen molar-refractivity contribution in [2.45, 2.75) is 182 Å². The Kier molecular flexibility index (Phi) is 33.0. The molecule has 0 radical (unpaired) electrons. The SMILES string of the molecule is C.C.C.Cc1cc(C)c(-n2cc[n+](-c3c(C)cc(C)cc3C)c2)c(C)c1.Cc1cc(C)c(N2C=[N+](c3c(C)cc(C)cc3C)CC2)c(C)c1.FB(F)F.FB(F)F.[Cl-].[F-].[F-].c1c[n+](C2CCCCC2)cn1C1CCCCC1. The summed E-state index contributed by atoms with van der Waals surface area (Å²) in [5.41, 5.74) is 21.2. The minimum atomic E-state index is -3.67. The van der Waals surface area contributed by atoms with Gasteiger partial charge in [0.05, 0.1) is 0 Å². The Bertz CT molecular complexity index is 2520. The lowest BCUT2D eigenvalue weighted by atomic mass is 9.95. The van der Waals surface area contributed by atoms with Crippen LogP contribution in [0.1, 0.15) is 165 Å². The standard InChI is InChI=1S/C21H27N2.C21H25N2.C15H25N2.3CH4.2BF3.ClH.2FH/c2*1-14-9-16(3)20(17(4)10-14)22-7-8-23(13-22)21-18(5)11-15(2)12-19(21)6;1-3-7-14(8-4-1)16-11-12-17(13-16)15-9-5-2-6-10-15;;;;2*2-1(3)4;;;/h9-13H,7-8H2,1-6H3;7-13H,1-6H3;11-15H,1-10H2;3*1H4;;;3*1H/q3*+1;;;;;;;;/p-3. The average molecular weight is 1100 g/mol. The number of nitrogens with zero attached hydrogens (tertiary/aromatic N) is 6. The number of halogens is 9. The highest BCUT2D eigenvalue weighted by molar-refractivity contribution is 6.33. The van der Waals surface area contributed by atoms with E-state index in [0.29, 0.717) is 0 Å². The number of imidazole rings is 2. The van der Waals surface area contributed by atoms with Crippen molar-refractivity contribution >= 4 is 32.8 Å². The minimum absolute atomic E-state index is 0. The van der Waals surface area contributed by atoms with Crippen molar-refractivity contribution in [1.29, 1.82) is 0 Å². The van der Waals surface area contributed by atoms with Gasteiger partial charge >= 0.3 is 15.1 Å². The van der Waals surface area contributed by atoms with Crippen LogP contribution in [0.3, 0.4) is 0 Å². The Balaban J connectivity index is 0. The Morgan fingerprint density at radius 2 is 0.844 bits per heavy atom. The molecule has 0 atom stereocenters. The monoisotopic (exact) mass is 1100 g/mol. The van der Waals surface area contributed by atoms with E-state index in [4.69, 9.17) is 0 Å². The van der Waals surface area contributed by atoms with Crippen LogP contribution in [-0.4, -0.2) is 48.2 Å². The first-order valence-corrected chi connectivity index (χ1v) is 25.4. The molecule has 77 heavy (non-hydrogen) atoms. The number of benzene rings is 4. The first kappa shape index (κ1) is 73.7. The van der Waals surface area contributed by atoms with E-state index in [1.54, 1.807) is 0 Å². The molecule has 2 aromatic heterocycles. The molecule has 2 fully saturated rings. The molecule has 9 rings (SSSR count). The van der Waals surface area contributed by atoms with Crippen molar-refractivity contribution < 1.29 is 61.4 Å². The van der Waals surface area contributed by atoms with Gasteiger partial charge < -0.3 is 21.8 Å². The zero-order valence-corrected chi connectivity index (χ0v) is 46.3. The average Bonchev–Trinajstić information content (AvgIpc) is 4.06. The van der Waals surface area contributed by atoms with Crippen LogP contribution < -0.4 is 35.8 Å². The fourth-order valence-corrected chi connectivity index (χ4v) is 11.4. The summed E-state index contributed by atoms with van der Waals surface area (Å²) in [4.78, 5) is 2.41. The molecule has 2 aliphatic carbocycles. The van der Waals surface area contributed by atoms with Gasteiger partial charge in [0.1, 0.15) is 72.7 Å². The molecule has 3 aliphatic rings. The van der Waals surface area contributed by atoms with Crippen molar-refractivity contribution in [3.8, 4) is 11.4 Å². The van der Waals surface area contributed by atoms with Crippen molar-refractivity contribution in [3.63, 3.8) is 0 Å². The maximum atomic E-state index is 9.67. The molecule has 428 valence electrons. The van der Waals surface area contributed by atoms with Crippen LogP contribution in [0.2, 0.25) is 0 Å². The minimum Gasteiger partial charge on any atom is -1.00 e. The van der Waals surface area contributed by atoms with E-state index in [9.17, 15) is 25.9 Å². The molecular weight excluding hydrogens is 1010 g/mol. The third kappa shape index (κ3) is 21.1. The number of rotatable bonds is 6. The van der Waals surface area contributed by atoms with E-state index in [2.05, 4.69) is 203 Å². The molecule has 2 saturated carbocycles. The van der Waals surface area contributed by atoms with E-state index in [0.717, 1.165) is 25.2 Å². The topological polar surface area (TPSA) is 23.9 Å². The Morgan fingerprint density at radius 1 is 0.468 bits per heavy atom. The number of hydrogen-bond acceptors (Lipinski definition) is 1. The summed E-state index contributed by atoms with van der Waals surface area (Å²) in [6, 6.07) is 19.7. The summed E-state index contributed by atoms with van der Waals surface area (Å²) in [7, 11) is -7.33. The van der Waals surface area contributed by atoms with E-state index >= 15 is 0 Å². The van der Waals surface area contributed by atoms with Crippen molar-refractivity contribution in [2.75, 3.05) is 18.0 Å². The number of aryl methyl sites for hydroxylation is 12. The first-order valence-electron chi connectivity index (χ1n) is 25.4. The maximum Gasteiger partial charge on any atom is 0.762 e. The largest absolute Gasteiger partial charge is 1.00 e. The van der Waals surface area contributed by atoms with Crippen LogP contribution in [0, 0.1) is 83.1 Å². The fourth-order valence-electron chi connectivity index (χ4n) is 11.4. The van der Waals surface area contributed by atoms with Gasteiger partial charge in [0.25, 0.3) is 6.33 Å². The summed E-state index contributed by atoms with van der Waals surface area (Å²) in [5.74, 6) is 0. The quantitative estimate of drug-likeness (QED) is 0.0951. The van der Waals surface area contributed by atoms with Crippen LogP contribution in [0.5, 0.6) is 0 Å². The normalized spacial score (nSPS) is 13.6. The highest BCUT2D eigenvalue weighted by Crippen LogP contribution is 2.32. The summed E-state index contributed by atoms with van der Waals surface area (Å²) < 4.78 is 69.8. The maximum absolute atomic E-state index is 9.67. The zero-order chi connectivity index (χ0) is 52.1. The Labute approximate surface area is 465 Å². The Morgan fingerprint density at radius 3 is 1.27 bits per heavy atom. The third-order valence-electron chi connectivity index (χ3n) is 13.8. The predicted molar refractivity (Wildman–Crippen MR) is 302 cm³/mol. The van der Waals surface area contributed by atoms with Gasteiger partial charge in [-0.25, -0.2) is 27.7 Å². The molecule has 0 spiro atoms. The second-order valence-electron chi connectivity index (χ2n) is 20.1. The molecular formula is C60H89B2ClF8N6. The smallest absolute Gasteiger partial charge is 0.762 e. The van der Waals surface area contributed by atoms with E-state index in [-0.39, 0.29) is 44.1 Å². The third-order valence-corrected chi connectivity index (χ3v) is 13.8. The highest BCUT2D eigenvalue weighted by atomic mass is 35.5. The van der Waals surface area contributed by atoms with Gasteiger partial charge in [-0.05, 0) is 179 Å². The zero-order valence-electron chi connectivity index (χ0n) is 45.5. The molecule has 4 aromatic carbocycles. The molecule has 0 saturated heterocycles. The molecule has 3 heterocycles. The van der Waals surface area contributed by atoms with Crippen LogP contribution in [-0.2, 0) is 0 Å². The molecule has 0 bridgehead atoms. The number of hydrogen-bond donors (Lipinski definition) is 0. The second kappa shape index (κ2) is 34.5. The molecule has 0 unspecified atom stereocenters. The van der Waals surface area contributed by atoms with E-state index in [1.165, 1.54) is 154 Å². The summed E-state index contributed by atoms with van der Waals surface area (Å²) >= 11 is 0. The van der Waals surface area contributed by atoms with Crippen LogP contribution in [0.4, 0.5) is 37.3 Å². The van der Waals surface area contributed by atoms with Crippen LogP contribution in [0.25, 0.3) is 11.4 Å². The van der Waals surface area contributed by atoms with Crippen LogP contribution >= 0.6 is 0 Å². The van der Waals surface area contributed by atoms with Crippen molar-refractivity contribution in [1.82, 2.24) is 9.13 Å². The molecule has 17 heteroatoms. The molecule has 0 N–H and O–H groups in total. The summed E-state index contributed by atoms with van der Waals surface area (Å²) in [6.45, 7) is 28.3. The van der Waals surface area contributed by atoms with Gasteiger partial charge in [0.15, 0.2) is 0 Å². The van der Waals surface area contributed by atoms with Gasteiger partial charge in [0, 0.05) is 0 Å². The first-order chi connectivity index (χ1) is 33.6. The highest BCUT2D eigenvalue weighted by Gasteiger charge is 2.28. The van der Waals surface area contributed by atoms with Gasteiger partial charge in [0.2, 0.25) is 12.7 Å². The lowest BCUT2D eigenvalue weighted by molar-refractivity contribution is -0.725. The fraction of sp³-hybridized carbons (Fsp3) is 0.483. The van der Waals surface area contributed by atoms with Crippen molar-refractivity contribution in [2.24, 2.45) is 0 Å². The van der Waals surface area contributed by atoms with Gasteiger partial charge in [-0.1, -0.05) is 106 Å². The number of anilines is 1. The molecule has 6 nitrogen and oxygen atoms in total. The second-order valence-corrected chi connectivity index (χ2v) is 20.1. The van der Waals surface area contributed by atoms with Crippen LogP contribution in [0.15, 0.2) is 86.0 Å². The van der Waals surface area contributed by atoms with E-state index in [1.807, 2.05) is 0 Å². The van der Waals surface area contributed by atoms with E-state index < -0.39 is 15.1 Å². The molecule has 6 aromatic rings. The number of aromatic nitrogens is 4. The van der Waals surface area contributed by atoms with Crippen molar-refractivity contribution in [3.05, 3.63) is 153 Å². The molecule has 1 aliphatic heterocycles. The Hall–Kier alpha value is -5.37. The van der Waals surface area contributed by atoms with Gasteiger partial charge in [-0.3, -0.25) is 25.9 Å². The summed E-state index contributed by atoms with van der Waals surface area (Å²) in [5, 5.41) is 0. The molecule has 0 amide bonds. The van der Waals surface area contributed by atoms with Gasteiger partial charge in [-0.15, -0.1) is 0 Å².